The second kappa shape index (κ2) is 5.89. The maximum Gasteiger partial charge on any atom is 0.255 e. The Hall–Kier alpha value is -1.81. The topological polar surface area (TPSA) is 62.5 Å². The van der Waals surface area contributed by atoms with Crippen molar-refractivity contribution in [1.29, 1.82) is 0 Å². The van der Waals surface area contributed by atoms with Gasteiger partial charge in [0, 0.05) is 11.9 Å². The first kappa shape index (κ1) is 13.6. The van der Waals surface area contributed by atoms with E-state index in [1.807, 2.05) is 31.2 Å². The smallest absolute Gasteiger partial charge is 0.255 e. The van der Waals surface area contributed by atoms with E-state index in [4.69, 9.17) is 4.42 Å². The molecule has 2 aromatic rings. The Morgan fingerprint density at radius 3 is 2.84 bits per heavy atom. The van der Waals surface area contributed by atoms with Crippen LogP contribution < -0.4 is 5.32 Å². The van der Waals surface area contributed by atoms with Crippen molar-refractivity contribution in [3.63, 3.8) is 0 Å². The summed E-state index contributed by atoms with van der Waals surface area (Å²) in [6.45, 7) is 4.30. The molecule has 0 aliphatic carbocycles. The number of aliphatic hydroxyl groups is 1. The lowest BCUT2D eigenvalue weighted by Crippen LogP contribution is -2.29. The molecule has 1 aromatic heterocycles. The summed E-state index contributed by atoms with van der Waals surface area (Å²) >= 11 is 0. The van der Waals surface area contributed by atoms with Crippen molar-refractivity contribution < 1.29 is 14.3 Å². The zero-order chi connectivity index (χ0) is 13.8. The van der Waals surface area contributed by atoms with Crippen molar-refractivity contribution >= 4 is 16.9 Å². The van der Waals surface area contributed by atoms with Crippen molar-refractivity contribution in [2.24, 2.45) is 5.92 Å². The van der Waals surface area contributed by atoms with Crippen LogP contribution >= 0.6 is 0 Å². The van der Waals surface area contributed by atoms with E-state index in [0.717, 1.165) is 5.39 Å². The summed E-state index contributed by atoms with van der Waals surface area (Å²) < 4.78 is 5.34. The van der Waals surface area contributed by atoms with E-state index in [2.05, 4.69) is 5.32 Å². The summed E-state index contributed by atoms with van der Waals surface area (Å²) in [6.07, 6.45) is 1.81. The molecule has 0 aliphatic heterocycles. The third-order valence-corrected chi connectivity index (χ3v) is 3.08. The van der Waals surface area contributed by atoms with Gasteiger partial charge in [-0.05, 0) is 25.3 Å². The predicted molar refractivity (Wildman–Crippen MR) is 74.0 cm³/mol. The maximum atomic E-state index is 12.1. The molecular weight excluding hydrogens is 242 g/mol. The zero-order valence-corrected chi connectivity index (χ0v) is 11.2. The summed E-state index contributed by atoms with van der Waals surface area (Å²) in [7, 11) is 0. The number of benzene rings is 1. The third-order valence-electron chi connectivity index (χ3n) is 3.08. The molecule has 0 radical (unpaired) electrons. The minimum absolute atomic E-state index is 0.137. The number of para-hydroxylation sites is 1. The normalized spacial score (nSPS) is 14.3. The first-order valence-electron chi connectivity index (χ1n) is 6.50. The molecule has 0 saturated carbocycles. The van der Waals surface area contributed by atoms with Crippen LogP contribution in [0.1, 0.15) is 30.6 Å². The van der Waals surface area contributed by atoms with Crippen molar-refractivity contribution in [2.75, 3.05) is 6.54 Å². The van der Waals surface area contributed by atoms with Gasteiger partial charge in [0.25, 0.3) is 5.91 Å². The monoisotopic (exact) mass is 261 g/mol. The van der Waals surface area contributed by atoms with Crippen LogP contribution in [-0.2, 0) is 0 Å². The molecule has 2 unspecified atom stereocenters. The zero-order valence-electron chi connectivity index (χ0n) is 11.2. The number of aliphatic hydroxyl groups excluding tert-OH is 1. The van der Waals surface area contributed by atoms with Crippen LogP contribution in [0.3, 0.4) is 0 Å². The molecule has 2 N–H and O–H groups in total. The predicted octanol–water partition coefficient (Wildman–Crippen LogP) is 2.57. The first-order chi connectivity index (χ1) is 9.08. The van der Waals surface area contributed by atoms with Gasteiger partial charge in [-0.15, -0.1) is 0 Å². The van der Waals surface area contributed by atoms with Crippen LogP contribution in [0.5, 0.6) is 0 Å². The SMILES string of the molecule is CC(O)CC(C)CNC(=O)c1coc2ccccc12. The summed E-state index contributed by atoms with van der Waals surface area (Å²) in [6, 6.07) is 7.46. The van der Waals surface area contributed by atoms with E-state index in [9.17, 15) is 9.90 Å². The van der Waals surface area contributed by atoms with E-state index in [1.165, 1.54) is 6.26 Å². The average Bonchev–Trinajstić information content (AvgIpc) is 2.79. The van der Waals surface area contributed by atoms with Crippen molar-refractivity contribution in [3.8, 4) is 0 Å². The number of fused-ring (bicyclic) bond motifs is 1. The number of nitrogens with one attached hydrogen (secondary N) is 1. The molecular formula is C15H19NO3. The molecule has 0 aliphatic rings. The van der Waals surface area contributed by atoms with Crippen molar-refractivity contribution in [2.45, 2.75) is 26.4 Å². The Morgan fingerprint density at radius 2 is 2.11 bits per heavy atom. The minimum atomic E-state index is -0.346. The van der Waals surface area contributed by atoms with Gasteiger partial charge >= 0.3 is 0 Å². The van der Waals surface area contributed by atoms with E-state index in [1.54, 1.807) is 6.92 Å². The first-order valence-corrected chi connectivity index (χ1v) is 6.50. The number of carbonyl (C=O) groups excluding carboxylic acids is 1. The highest BCUT2D eigenvalue weighted by molar-refractivity contribution is 6.05. The van der Waals surface area contributed by atoms with Gasteiger partial charge in [-0.3, -0.25) is 4.79 Å². The highest BCUT2D eigenvalue weighted by Gasteiger charge is 2.14. The second-order valence-corrected chi connectivity index (χ2v) is 5.05. The van der Waals surface area contributed by atoms with Crippen LogP contribution in [0.15, 0.2) is 34.9 Å². The van der Waals surface area contributed by atoms with E-state index in [0.29, 0.717) is 24.1 Å². The molecule has 0 bridgehead atoms. The number of hydrogen-bond acceptors (Lipinski definition) is 3. The highest BCUT2D eigenvalue weighted by Crippen LogP contribution is 2.20. The summed E-state index contributed by atoms with van der Waals surface area (Å²) in [5.41, 5.74) is 1.27. The Bertz CT molecular complexity index is 559. The molecule has 4 heteroatoms. The molecule has 0 spiro atoms. The molecule has 19 heavy (non-hydrogen) atoms. The van der Waals surface area contributed by atoms with E-state index in [-0.39, 0.29) is 17.9 Å². The number of carbonyl (C=O) groups is 1. The highest BCUT2D eigenvalue weighted by atomic mass is 16.3. The molecule has 1 aromatic carbocycles. The molecule has 0 fully saturated rings. The number of furan rings is 1. The Labute approximate surface area is 112 Å². The lowest BCUT2D eigenvalue weighted by Gasteiger charge is -2.13. The second-order valence-electron chi connectivity index (χ2n) is 5.05. The molecule has 0 saturated heterocycles. The summed E-state index contributed by atoms with van der Waals surface area (Å²) in [5.74, 6) is 0.101. The molecule has 2 atom stereocenters. The van der Waals surface area contributed by atoms with Gasteiger partial charge in [-0.25, -0.2) is 0 Å². The standard InChI is InChI=1S/C15H19NO3/c1-10(7-11(2)17)8-16-15(18)13-9-19-14-6-4-3-5-12(13)14/h3-6,9-11,17H,7-8H2,1-2H3,(H,16,18). The minimum Gasteiger partial charge on any atom is -0.463 e. The van der Waals surface area contributed by atoms with Gasteiger partial charge < -0.3 is 14.8 Å². The van der Waals surface area contributed by atoms with Crippen molar-refractivity contribution in [1.82, 2.24) is 5.32 Å². The Kier molecular flexibility index (Phi) is 4.22. The maximum absolute atomic E-state index is 12.1. The Balaban J connectivity index is 2.00. The fourth-order valence-corrected chi connectivity index (χ4v) is 2.18. The van der Waals surface area contributed by atoms with Crippen LogP contribution in [0.2, 0.25) is 0 Å². The fraction of sp³-hybridized carbons (Fsp3) is 0.400. The lowest BCUT2D eigenvalue weighted by molar-refractivity contribution is 0.0940. The molecule has 2 rings (SSSR count). The van der Waals surface area contributed by atoms with Crippen LogP contribution in [0.25, 0.3) is 11.0 Å². The van der Waals surface area contributed by atoms with Gasteiger partial charge in [0.15, 0.2) is 0 Å². The van der Waals surface area contributed by atoms with Crippen LogP contribution in [0.4, 0.5) is 0 Å². The van der Waals surface area contributed by atoms with Gasteiger partial charge in [0.05, 0.1) is 11.7 Å². The van der Waals surface area contributed by atoms with Crippen molar-refractivity contribution in [3.05, 3.63) is 36.1 Å². The van der Waals surface area contributed by atoms with E-state index >= 15 is 0 Å². The van der Waals surface area contributed by atoms with Crippen LogP contribution in [-0.4, -0.2) is 23.7 Å². The third kappa shape index (κ3) is 3.35. The fourth-order valence-electron chi connectivity index (χ4n) is 2.18. The average molecular weight is 261 g/mol. The lowest BCUT2D eigenvalue weighted by atomic mass is 10.0. The largest absolute Gasteiger partial charge is 0.463 e. The summed E-state index contributed by atoms with van der Waals surface area (Å²) in [5, 5.41) is 13.0. The van der Waals surface area contributed by atoms with E-state index < -0.39 is 0 Å². The van der Waals surface area contributed by atoms with Gasteiger partial charge in [-0.2, -0.15) is 0 Å². The van der Waals surface area contributed by atoms with Gasteiger partial charge in [-0.1, -0.05) is 25.1 Å². The molecule has 102 valence electrons. The molecule has 1 amide bonds. The summed E-state index contributed by atoms with van der Waals surface area (Å²) in [4.78, 5) is 12.1. The molecule has 4 nitrogen and oxygen atoms in total. The van der Waals surface area contributed by atoms with Gasteiger partial charge in [0.2, 0.25) is 0 Å². The number of hydrogen-bond donors (Lipinski definition) is 2. The quantitative estimate of drug-likeness (QED) is 0.869. The Morgan fingerprint density at radius 1 is 1.37 bits per heavy atom. The number of amides is 1. The molecule has 1 heterocycles. The van der Waals surface area contributed by atoms with Crippen LogP contribution in [0, 0.1) is 5.92 Å². The number of rotatable bonds is 5. The van der Waals surface area contributed by atoms with Gasteiger partial charge in [0.1, 0.15) is 11.8 Å².